The normalized spacial score (nSPS) is 12.3. The zero-order valence-electron chi connectivity index (χ0n) is 49.8. The lowest BCUT2D eigenvalue weighted by Gasteiger charge is -2.45. The van der Waals surface area contributed by atoms with Gasteiger partial charge in [-0.1, -0.05) is 267 Å². The largest absolute Gasteiger partial charge is 0.311 e. The van der Waals surface area contributed by atoms with Crippen LogP contribution in [0.4, 0.5) is 34.1 Å². The predicted octanol–water partition coefficient (Wildman–Crippen LogP) is 21.4. The average Bonchev–Trinajstić information content (AvgIpc) is 0.736. The Morgan fingerprint density at radius 1 is 0.209 bits per heavy atom. The topological polar surface area (TPSA) is 19.4 Å². The molecule has 0 aliphatic carbocycles. The maximum atomic E-state index is 5.48. The Morgan fingerprint density at radius 3 is 0.890 bits per heavy atom. The summed E-state index contributed by atoms with van der Waals surface area (Å²) < 4.78 is 0. The van der Waals surface area contributed by atoms with Crippen molar-refractivity contribution in [3.8, 4) is 78.1 Å². The van der Waals surface area contributed by atoms with Gasteiger partial charge in [-0.25, -0.2) is 4.98 Å². The van der Waals surface area contributed by atoms with E-state index in [1.807, 2.05) is 0 Å². The minimum Gasteiger partial charge on any atom is -0.311 e. The number of hydrogen-bond acceptors (Lipinski definition) is 3. The molecule has 3 heterocycles. The smallest absolute Gasteiger partial charge is 0.252 e. The lowest BCUT2D eigenvalue weighted by atomic mass is 9.33. The molecule has 422 valence electrons. The first-order valence-corrected chi connectivity index (χ1v) is 31.4. The van der Waals surface area contributed by atoms with Crippen LogP contribution in [-0.2, 0) is 0 Å². The second kappa shape index (κ2) is 21.5. The van der Waals surface area contributed by atoms with Gasteiger partial charge in [-0.2, -0.15) is 0 Å². The minimum absolute atomic E-state index is 0.197. The van der Waals surface area contributed by atoms with Crippen LogP contribution in [0.1, 0.15) is 0 Å². The second-order valence-electron chi connectivity index (χ2n) is 24.2. The van der Waals surface area contributed by atoms with Crippen molar-refractivity contribution in [3.05, 3.63) is 340 Å². The zero-order chi connectivity index (χ0) is 59.9. The SMILES string of the molecule is c1ccc(-c2cc(-c3ccccc3)cc(N3c4cc5c(ccc6ccccc65)cc4B4c5cc6ccc7ccccc7c6cc5N(c5cc(-c6ccccc6)cc(-c6ccccc6)c5)c5cc(-c6cc(-c7ccccc7)nc(-c7ccccc7)c6)cc3c54)c2)cc1. The quantitative estimate of drug-likeness (QED) is 0.106. The van der Waals surface area contributed by atoms with E-state index in [0.29, 0.717) is 0 Å². The van der Waals surface area contributed by atoms with E-state index >= 15 is 0 Å². The summed E-state index contributed by atoms with van der Waals surface area (Å²) in [5.41, 5.74) is 25.7. The van der Waals surface area contributed by atoms with Crippen molar-refractivity contribution in [2.45, 2.75) is 0 Å². The molecule has 0 saturated heterocycles. The minimum atomic E-state index is -0.197. The molecule has 91 heavy (non-hydrogen) atoms. The van der Waals surface area contributed by atoms with Gasteiger partial charge in [0.1, 0.15) is 0 Å². The Labute approximate surface area is 529 Å². The number of hydrogen-bond donors (Lipinski definition) is 0. The van der Waals surface area contributed by atoms with E-state index in [4.69, 9.17) is 4.98 Å². The molecular weight excluding hydrogens is 1100 g/mol. The van der Waals surface area contributed by atoms with Gasteiger partial charge in [0, 0.05) is 45.3 Å². The summed E-state index contributed by atoms with van der Waals surface area (Å²) in [4.78, 5) is 10.7. The van der Waals surface area contributed by atoms with Crippen molar-refractivity contribution in [1.82, 2.24) is 4.98 Å². The van der Waals surface area contributed by atoms with Crippen molar-refractivity contribution in [2.24, 2.45) is 0 Å². The molecule has 0 unspecified atom stereocenters. The van der Waals surface area contributed by atoms with Crippen molar-refractivity contribution >= 4 is 100 Å². The van der Waals surface area contributed by atoms with Crippen LogP contribution in [0.5, 0.6) is 0 Å². The van der Waals surface area contributed by atoms with Gasteiger partial charge in [-0.3, -0.25) is 0 Å². The third-order valence-corrected chi connectivity index (χ3v) is 18.9. The molecule has 0 N–H and O–H groups in total. The number of aromatic nitrogens is 1. The Kier molecular flexibility index (Phi) is 12.3. The lowest BCUT2D eigenvalue weighted by Crippen LogP contribution is -2.61. The third kappa shape index (κ3) is 9.02. The van der Waals surface area contributed by atoms with Crippen LogP contribution in [0, 0.1) is 0 Å². The molecule has 3 nitrogen and oxygen atoms in total. The van der Waals surface area contributed by atoms with Gasteiger partial charge < -0.3 is 9.80 Å². The number of benzene rings is 15. The van der Waals surface area contributed by atoms with Crippen molar-refractivity contribution < 1.29 is 0 Å². The molecule has 0 amide bonds. The van der Waals surface area contributed by atoms with Crippen LogP contribution in [0.25, 0.3) is 121 Å². The molecule has 15 aromatic carbocycles. The molecule has 0 bridgehead atoms. The maximum Gasteiger partial charge on any atom is 0.252 e. The molecular formula is C87H56BN3. The van der Waals surface area contributed by atoms with Gasteiger partial charge in [-0.05, 0) is 188 Å². The highest BCUT2D eigenvalue weighted by Gasteiger charge is 2.45. The molecule has 18 rings (SSSR count). The Hall–Kier alpha value is -11.8. The molecule has 0 fully saturated rings. The Morgan fingerprint density at radius 2 is 0.516 bits per heavy atom. The van der Waals surface area contributed by atoms with Gasteiger partial charge >= 0.3 is 0 Å². The molecule has 0 spiro atoms. The summed E-state index contributed by atoms with van der Waals surface area (Å²) >= 11 is 0. The Balaban J connectivity index is 1.02. The van der Waals surface area contributed by atoms with Crippen molar-refractivity contribution in [2.75, 3.05) is 9.80 Å². The zero-order valence-corrected chi connectivity index (χ0v) is 49.8. The number of rotatable bonds is 9. The van der Waals surface area contributed by atoms with Gasteiger partial charge in [0.2, 0.25) is 0 Å². The standard InChI is InChI=1S/C87H56BN3/c1-7-23-57(24-8-1)67-43-68(58-25-9-2-10-26-58)46-73(45-67)90-83-55-77-65(41-39-61-31-19-21-37-75(61)77)49-79(83)88-80-50-66-42-40-62-32-20-22-38-76(62)78(66)56-84(80)91(74-47-69(59-27-11-3-12-28-59)44-70(48-74)60-29-13-4-14-30-60)86-54-72(53-85(90)87(86)88)71-51-81(63-33-15-5-16-34-63)89-82(52-71)64-35-17-6-18-36-64/h1-56H. The number of anilines is 6. The molecule has 16 aromatic rings. The fourth-order valence-electron chi connectivity index (χ4n) is 14.6. The molecule has 0 radical (unpaired) electrons. The molecule has 4 heteroatoms. The predicted molar refractivity (Wildman–Crippen MR) is 386 cm³/mol. The van der Waals surface area contributed by atoms with E-state index in [-0.39, 0.29) is 6.71 Å². The summed E-state index contributed by atoms with van der Waals surface area (Å²) in [5.74, 6) is 0. The maximum absolute atomic E-state index is 5.48. The second-order valence-corrected chi connectivity index (χ2v) is 24.2. The number of fused-ring (bicyclic) bond motifs is 10. The molecule has 0 atom stereocenters. The van der Waals surface area contributed by atoms with E-state index in [2.05, 4.69) is 350 Å². The van der Waals surface area contributed by atoms with E-state index in [1.165, 1.54) is 59.5 Å². The van der Waals surface area contributed by atoms with Crippen LogP contribution in [0.3, 0.4) is 0 Å². The van der Waals surface area contributed by atoms with E-state index in [9.17, 15) is 0 Å². The van der Waals surface area contributed by atoms with Gasteiger partial charge in [0.25, 0.3) is 6.71 Å². The van der Waals surface area contributed by atoms with E-state index in [0.717, 1.165) is 112 Å². The fourth-order valence-corrected chi connectivity index (χ4v) is 14.6. The van der Waals surface area contributed by atoms with Crippen LogP contribution in [0.15, 0.2) is 340 Å². The van der Waals surface area contributed by atoms with Crippen molar-refractivity contribution in [3.63, 3.8) is 0 Å². The summed E-state index contributed by atoms with van der Waals surface area (Å²) in [5, 5.41) is 9.73. The average molecular weight is 1150 g/mol. The van der Waals surface area contributed by atoms with Crippen LogP contribution in [-0.4, -0.2) is 11.7 Å². The van der Waals surface area contributed by atoms with Crippen molar-refractivity contribution in [1.29, 1.82) is 0 Å². The highest BCUT2D eigenvalue weighted by Crippen LogP contribution is 2.51. The first-order chi connectivity index (χ1) is 45.1. The lowest BCUT2D eigenvalue weighted by molar-refractivity contribution is 1.26. The monoisotopic (exact) mass is 1150 g/mol. The number of nitrogens with zero attached hydrogens (tertiary/aromatic N) is 3. The van der Waals surface area contributed by atoms with Crippen LogP contribution < -0.4 is 26.2 Å². The summed E-state index contributed by atoms with van der Waals surface area (Å²) in [7, 11) is 0. The van der Waals surface area contributed by atoms with Crippen LogP contribution >= 0.6 is 0 Å². The summed E-state index contributed by atoms with van der Waals surface area (Å²) in [6, 6.07) is 126. The van der Waals surface area contributed by atoms with Crippen LogP contribution in [0.2, 0.25) is 0 Å². The molecule has 2 aliphatic heterocycles. The van der Waals surface area contributed by atoms with Gasteiger partial charge in [0.05, 0.1) is 11.4 Å². The molecule has 1 aromatic heterocycles. The first kappa shape index (κ1) is 52.3. The van der Waals surface area contributed by atoms with Gasteiger partial charge in [-0.15, -0.1) is 0 Å². The fraction of sp³-hybridized carbons (Fsp3) is 0. The Bertz CT molecular complexity index is 5070. The van der Waals surface area contributed by atoms with E-state index in [1.54, 1.807) is 0 Å². The third-order valence-electron chi connectivity index (χ3n) is 18.9. The summed E-state index contributed by atoms with van der Waals surface area (Å²) in [6.07, 6.45) is 0. The summed E-state index contributed by atoms with van der Waals surface area (Å²) in [6.45, 7) is -0.197. The first-order valence-electron chi connectivity index (χ1n) is 31.4. The molecule has 0 saturated carbocycles. The highest BCUT2D eigenvalue weighted by molar-refractivity contribution is 7.00. The number of pyridine rings is 1. The molecule has 2 aliphatic rings. The van der Waals surface area contributed by atoms with E-state index < -0.39 is 0 Å². The highest BCUT2D eigenvalue weighted by atomic mass is 15.2. The van der Waals surface area contributed by atoms with Gasteiger partial charge in [0.15, 0.2) is 0 Å².